The molecule has 1 atom stereocenters. The van der Waals surface area contributed by atoms with Gasteiger partial charge in [0.25, 0.3) is 11.1 Å². The number of nitrogens with one attached hydrogen (secondary N) is 2. The highest BCUT2D eigenvalue weighted by atomic mass is 32.2. The fourth-order valence-corrected chi connectivity index (χ4v) is 3.68. The number of thioether (sulfide) groups is 1. The summed E-state index contributed by atoms with van der Waals surface area (Å²) in [6.45, 7) is 5.58. The molecular weight excluding hydrogens is 376 g/mol. The molecule has 0 bridgehead atoms. The molecule has 3 aromatic heterocycles. The van der Waals surface area contributed by atoms with Gasteiger partial charge in [-0.05, 0) is 26.8 Å². The van der Waals surface area contributed by atoms with Crippen LogP contribution in [0.5, 0.6) is 0 Å². The Balaban J connectivity index is 1.48. The molecule has 2 N–H and O–H groups in total. The number of aromatic amines is 1. The lowest BCUT2D eigenvalue weighted by Crippen LogP contribution is -2.23. The van der Waals surface area contributed by atoms with Gasteiger partial charge in [-0.1, -0.05) is 30.0 Å². The van der Waals surface area contributed by atoms with Crippen LogP contribution in [0.2, 0.25) is 0 Å². The van der Waals surface area contributed by atoms with Gasteiger partial charge >= 0.3 is 0 Å². The van der Waals surface area contributed by atoms with Gasteiger partial charge in [0, 0.05) is 24.1 Å². The van der Waals surface area contributed by atoms with Crippen LogP contribution in [0.4, 0.5) is 5.69 Å². The first kappa shape index (κ1) is 18.3. The number of fused-ring (bicyclic) bond motifs is 1. The predicted molar refractivity (Wildman–Crippen MR) is 108 cm³/mol. The van der Waals surface area contributed by atoms with Crippen molar-refractivity contribution in [2.45, 2.75) is 31.2 Å². The summed E-state index contributed by atoms with van der Waals surface area (Å²) < 4.78 is 7.53. The molecule has 0 aliphatic carbocycles. The second kappa shape index (κ2) is 7.16. The summed E-state index contributed by atoms with van der Waals surface area (Å²) in [5.41, 5.74) is 4.27. The van der Waals surface area contributed by atoms with Crippen molar-refractivity contribution in [3.63, 3.8) is 0 Å². The number of nitrogens with zero attached hydrogens (tertiary/aromatic N) is 4. The van der Waals surface area contributed by atoms with Crippen LogP contribution in [-0.4, -0.2) is 36.1 Å². The van der Waals surface area contributed by atoms with Crippen molar-refractivity contribution >= 4 is 34.3 Å². The van der Waals surface area contributed by atoms with Gasteiger partial charge in [-0.2, -0.15) is 5.10 Å². The summed E-state index contributed by atoms with van der Waals surface area (Å²) in [4.78, 5) is 15.8. The predicted octanol–water partition coefficient (Wildman–Crippen LogP) is 3.69. The number of aryl methyl sites for hydroxylation is 2. The number of hydrogen-bond donors (Lipinski definition) is 2. The largest absolute Gasteiger partial charge is 0.411 e. The molecule has 0 spiro atoms. The van der Waals surface area contributed by atoms with Gasteiger partial charge in [0.2, 0.25) is 5.91 Å². The normalized spacial score (nSPS) is 12.4. The maximum Gasteiger partial charge on any atom is 0.277 e. The molecule has 0 radical (unpaired) electrons. The Hall–Kier alpha value is -3.07. The monoisotopic (exact) mass is 396 g/mol. The molecule has 144 valence electrons. The second-order valence-corrected chi connectivity index (χ2v) is 7.83. The van der Waals surface area contributed by atoms with Gasteiger partial charge in [-0.15, -0.1) is 10.2 Å². The number of amides is 1. The van der Waals surface area contributed by atoms with Gasteiger partial charge in [-0.3, -0.25) is 9.48 Å². The van der Waals surface area contributed by atoms with E-state index >= 15 is 0 Å². The smallest absolute Gasteiger partial charge is 0.277 e. The molecule has 9 heteroatoms. The molecule has 4 aromatic rings. The average Bonchev–Trinajstić information content (AvgIpc) is 3.36. The Kier molecular flexibility index (Phi) is 4.68. The fourth-order valence-electron chi connectivity index (χ4n) is 3.00. The number of carbonyl (C=O) groups is 1. The molecule has 3 heterocycles. The zero-order valence-corrected chi connectivity index (χ0v) is 16.8. The van der Waals surface area contributed by atoms with E-state index in [1.807, 2.05) is 51.4 Å². The molecule has 28 heavy (non-hydrogen) atoms. The number of anilines is 1. The second-order valence-electron chi connectivity index (χ2n) is 6.54. The standard InChI is InChI=1S/C19H20N6O2S/c1-10-16(11(2)25(4)24-10)21-17(26)12(3)28-19-23-22-18(27-19)14-9-20-15-8-6-5-7-13(14)15/h5-9,12,20H,1-4H3,(H,21,26)/t12-/m1/s1. The van der Waals surface area contributed by atoms with E-state index in [-0.39, 0.29) is 5.91 Å². The maximum atomic E-state index is 12.6. The first-order valence-electron chi connectivity index (χ1n) is 8.81. The number of para-hydroxylation sites is 1. The first-order valence-corrected chi connectivity index (χ1v) is 9.69. The number of hydrogen-bond acceptors (Lipinski definition) is 6. The Morgan fingerprint density at radius 3 is 2.82 bits per heavy atom. The quantitative estimate of drug-likeness (QED) is 0.499. The van der Waals surface area contributed by atoms with E-state index in [4.69, 9.17) is 4.42 Å². The fraction of sp³-hybridized carbons (Fsp3) is 0.263. The van der Waals surface area contributed by atoms with Crippen molar-refractivity contribution in [1.82, 2.24) is 25.0 Å². The minimum atomic E-state index is -0.407. The number of aromatic nitrogens is 5. The lowest BCUT2D eigenvalue weighted by molar-refractivity contribution is -0.115. The van der Waals surface area contributed by atoms with Crippen LogP contribution in [0, 0.1) is 13.8 Å². The molecule has 8 nitrogen and oxygen atoms in total. The molecule has 4 rings (SSSR count). The topological polar surface area (TPSA) is 102 Å². The maximum absolute atomic E-state index is 12.6. The molecule has 0 unspecified atom stereocenters. The minimum absolute atomic E-state index is 0.143. The molecule has 0 fully saturated rings. The Bertz CT molecular complexity index is 1160. The molecule has 1 aromatic carbocycles. The Labute approximate surface area is 165 Å². The highest BCUT2D eigenvalue weighted by molar-refractivity contribution is 8.00. The van der Waals surface area contributed by atoms with Crippen molar-refractivity contribution in [1.29, 1.82) is 0 Å². The van der Waals surface area contributed by atoms with E-state index in [1.165, 1.54) is 11.8 Å². The minimum Gasteiger partial charge on any atom is -0.411 e. The summed E-state index contributed by atoms with van der Waals surface area (Å²) in [6, 6.07) is 7.90. The van der Waals surface area contributed by atoms with E-state index in [0.717, 1.165) is 33.5 Å². The van der Waals surface area contributed by atoms with Crippen molar-refractivity contribution in [2.24, 2.45) is 7.05 Å². The van der Waals surface area contributed by atoms with E-state index in [0.29, 0.717) is 11.1 Å². The van der Waals surface area contributed by atoms with Gasteiger partial charge in [-0.25, -0.2) is 0 Å². The molecule has 0 saturated heterocycles. The van der Waals surface area contributed by atoms with Crippen molar-refractivity contribution < 1.29 is 9.21 Å². The highest BCUT2D eigenvalue weighted by Crippen LogP contribution is 2.31. The summed E-state index contributed by atoms with van der Waals surface area (Å²) in [5, 5.41) is 16.4. The molecular formula is C19H20N6O2S. The average molecular weight is 396 g/mol. The molecule has 1 amide bonds. The lowest BCUT2D eigenvalue weighted by Gasteiger charge is -2.10. The van der Waals surface area contributed by atoms with Crippen LogP contribution >= 0.6 is 11.8 Å². The van der Waals surface area contributed by atoms with Crippen molar-refractivity contribution in [2.75, 3.05) is 5.32 Å². The SMILES string of the molecule is Cc1nn(C)c(C)c1NC(=O)[C@@H](C)Sc1nnc(-c2c[nH]c3ccccc23)o1. The third-order valence-corrected chi connectivity index (χ3v) is 5.56. The summed E-state index contributed by atoms with van der Waals surface area (Å²) in [7, 11) is 1.85. The van der Waals surface area contributed by atoms with Gasteiger partial charge in [0.1, 0.15) is 0 Å². The van der Waals surface area contributed by atoms with Crippen molar-refractivity contribution in [3.8, 4) is 11.5 Å². The zero-order chi connectivity index (χ0) is 19.8. The third kappa shape index (κ3) is 3.29. The summed E-state index contributed by atoms with van der Waals surface area (Å²) in [5.74, 6) is 0.280. The number of H-pyrrole nitrogens is 1. The van der Waals surface area contributed by atoms with Gasteiger partial charge < -0.3 is 14.7 Å². The van der Waals surface area contributed by atoms with E-state index < -0.39 is 5.25 Å². The van der Waals surface area contributed by atoms with E-state index in [9.17, 15) is 4.79 Å². The van der Waals surface area contributed by atoms with E-state index in [2.05, 4.69) is 25.6 Å². The van der Waals surface area contributed by atoms with Crippen LogP contribution in [0.1, 0.15) is 18.3 Å². The van der Waals surface area contributed by atoms with Crippen LogP contribution in [0.3, 0.4) is 0 Å². The number of benzene rings is 1. The van der Waals surface area contributed by atoms with E-state index in [1.54, 1.807) is 11.6 Å². The third-order valence-electron chi connectivity index (χ3n) is 4.63. The molecule has 0 saturated carbocycles. The van der Waals surface area contributed by atoms with Gasteiger partial charge in [0.15, 0.2) is 0 Å². The lowest BCUT2D eigenvalue weighted by atomic mass is 10.2. The summed E-state index contributed by atoms with van der Waals surface area (Å²) in [6.07, 6.45) is 1.84. The zero-order valence-electron chi connectivity index (χ0n) is 16.0. The Morgan fingerprint density at radius 1 is 1.29 bits per heavy atom. The first-order chi connectivity index (χ1) is 13.4. The van der Waals surface area contributed by atoms with Crippen LogP contribution in [-0.2, 0) is 11.8 Å². The van der Waals surface area contributed by atoms with Crippen molar-refractivity contribution in [3.05, 3.63) is 41.9 Å². The number of carbonyl (C=O) groups excluding carboxylic acids is 1. The van der Waals surface area contributed by atoms with Gasteiger partial charge in [0.05, 0.1) is 27.9 Å². The summed E-state index contributed by atoms with van der Waals surface area (Å²) >= 11 is 1.22. The highest BCUT2D eigenvalue weighted by Gasteiger charge is 2.22. The Morgan fingerprint density at radius 2 is 2.07 bits per heavy atom. The number of rotatable bonds is 5. The van der Waals surface area contributed by atoms with Crippen LogP contribution in [0.25, 0.3) is 22.4 Å². The molecule has 0 aliphatic heterocycles. The molecule has 0 aliphatic rings. The van der Waals surface area contributed by atoms with Crippen LogP contribution < -0.4 is 5.32 Å². The van der Waals surface area contributed by atoms with Crippen LogP contribution in [0.15, 0.2) is 40.1 Å².